The summed E-state index contributed by atoms with van der Waals surface area (Å²) < 4.78 is 0. The lowest BCUT2D eigenvalue weighted by Gasteiger charge is -2.40. The molecule has 0 aromatic carbocycles. The number of hydrogen-bond donors (Lipinski definition) is 1. The van der Waals surface area contributed by atoms with Gasteiger partial charge in [0, 0.05) is 11.6 Å². The third-order valence-corrected chi connectivity index (χ3v) is 2.20. The van der Waals surface area contributed by atoms with Crippen molar-refractivity contribution in [3.05, 3.63) is 35.1 Å². The second kappa shape index (κ2) is 1.13. The highest BCUT2D eigenvalue weighted by Crippen LogP contribution is 2.50. The van der Waals surface area contributed by atoms with E-state index in [9.17, 15) is 0 Å². The third-order valence-electron chi connectivity index (χ3n) is 2.20. The highest BCUT2D eigenvalue weighted by atomic mass is 14.6. The van der Waals surface area contributed by atoms with Gasteiger partial charge in [-0.2, -0.15) is 0 Å². The second-order valence-corrected chi connectivity index (χ2v) is 2.67. The van der Waals surface area contributed by atoms with Crippen molar-refractivity contribution in [3.63, 3.8) is 0 Å². The minimum Gasteiger partial charge on any atom is -0.398 e. The predicted octanol–water partition coefficient (Wildman–Crippen LogP) is 1.35. The van der Waals surface area contributed by atoms with E-state index in [1.807, 2.05) is 6.08 Å². The summed E-state index contributed by atoms with van der Waals surface area (Å²) in [6.45, 7) is 6.04. The molecule has 0 heterocycles. The summed E-state index contributed by atoms with van der Waals surface area (Å²) in [5.74, 6) is 0.532. The molecule has 0 aliphatic heterocycles. The lowest BCUT2D eigenvalue weighted by molar-refractivity contribution is 0.713. The van der Waals surface area contributed by atoms with Crippen LogP contribution in [0.5, 0.6) is 0 Å². The highest BCUT2D eigenvalue weighted by molar-refractivity contribution is 5.71. The molecule has 1 fully saturated rings. The molecular formula is C8H9N. The molecule has 9 heavy (non-hydrogen) atoms. The van der Waals surface area contributed by atoms with Crippen LogP contribution >= 0.6 is 0 Å². The van der Waals surface area contributed by atoms with Crippen molar-refractivity contribution < 1.29 is 0 Å². The van der Waals surface area contributed by atoms with Gasteiger partial charge in [0.1, 0.15) is 0 Å². The summed E-state index contributed by atoms with van der Waals surface area (Å²) >= 11 is 0. The van der Waals surface area contributed by atoms with E-state index in [0.29, 0.717) is 5.92 Å². The third kappa shape index (κ3) is 0.334. The van der Waals surface area contributed by atoms with Gasteiger partial charge in [0.2, 0.25) is 0 Å². The van der Waals surface area contributed by atoms with Gasteiger partial charge in [0.25, 0.3) is 0 Å². The Labute approximate surface area is 54.6 Å². The number of nitrogens with two attached hydrogens (primary N) is 1. The van der Waals surface area contributed by atoms with Crippen LogP contribution in [-0.4, -0.2) is 0 Å². The van der Waals surface area contributed by atoms with E-state index in [0.717, 1.165) is 5.70 Å². The molecule has 2 aliphatic rings. The maximum Gasteiger partial charge on any atom is 0.0365 e. The Kier molecular flexibility index (Phi) is 0.609. The minimum atomic E-state index is 0.532. The summed E-state index contributed by atoms with van der Waals surface area (Å²) in [6.07, 6.45) is 2.00. The number of fused-ring (bicyclic) bond motifs is 1. The van der Waals surface area contributed by atoms with E-state index in [2.05, 4.69) is 13.5 Å². The highest BCUT2D eigenvalue weighted by Gasteiger charge is 2.36. The minimum absolute atomic E-state index is 0.532. The van der Waals surface area contributed by atoms with Crippen molar-refractivity contribution in [3.8, 4) is 0 Å². The van der Waals surface area contributed by atoms with E-state index in [-0.39, 0.29) is 0 Å². The van der Waals surface area contributed by atoms with E-state index in [4.69, 9.17) is 5.73 Å². The molecule has 0 amide bonds. The van der Waals surface area contributed by atoms with Gasteiger partial charge < -0.3 is 5.73 Å². The topological polar surface area (TPSA) is 26.0 Å². The number of allylic oxidation sites excluding steroid dienone is 4. The van der Waals surface area contributed by atoms with Gasteiger partial charge in [-0.05, 0) is 22.8 Å². The Morgan fingerprint density at radius 2 is 2.33 bits per heavy atom. The maximum atomic E-state index is 5.58. The van der Waals surface area contributed by atoms with Crippen LogP contribution in [0.25, 0.3) is 0 Å². The largest absolute Gasteiger partial charge is 0.398 e. The smallest absolute Gasteiger partial charge is 0.0365 e. The van der Waals surface area contributed by atoms with Gasteiger partial charge >= 0.3 is 0 Å². The summed E-state index contributed by atoms with van der Waals surface area (Å²) in [5, 5.41) is 0. The van der Waals surface area contributed by atoms with Crippen molar-refractivity contribution in [1.29, 1.82) is 0 Å². The van der Waals surface area contributed by atoms with Gasteiger partial charge in [-0.15, -0.1) is 0 Å². The molecule has 1 nitrogen and oxygen atoms in total. The van der Waals surface area contributed by atoms with Crippen molar-refractivity contribution in [2.75, 3.05) is 0 Å². The van der Waals surface area contributed by atoms with Crippen molar-refractivity contribution in [2.45, 2.75) is 6.92 Å². The lowest BCUT2D eigenvalue weighted by atomic mass is 9.65. The average molecular weight is 119 g/mol. The van der Waals surface area contributed by atoms with E-state index in [1.165, 1.54) is 16.7 Å². The summed E-state index contributed by atoms with van der Waals surface area (Å²) in [6, 6.07) is 0. The van der Waals surface area contributed by atoms with E-state index in [1.54, 1.807) is 0 Å². The van der Waals surface area contributed by atoms with Gasteiger partial charge in [-0.3, -0.25) is 0 Å². The molecule has 1 atom stereocenters. The molecule has 0 spiro atoms. The molecular weight excluding hydrogens is 110 g/mol. The Bertz CT molecular complexity index is 256. The molecule has 2 N–H and O–H groups in total. The normalized spacial score (nSPS) is 30.6. The Hall–Kier alpha value is -0.980. The van der Waals surface area contributed by atoms with Crippen LogP contribution in [0, 0.1) is 5.92 Å². The van der Waals surface area contributed by atoms with Crippen LogP contribution in [0.4, 0.5) is 0 Å². The first kappa shape index (κ1) is 4.86. The second-order valence-electron chi connectivity index (χ2n) is 2.67. The summed E-state index contributed by atoms with van der Waals surface area (Å²) in [5.41, 5.74) is 10.4. The Morgan fingerprint density at radius 3 is 2.67 bits per heavy atom. The van der Waals surface area contributed by atoms with Crippen LogP contribution in [0.15, 0.2) is 35.1 Å². The molecule has 0 aromatic heterocycles. The first-order valence-corrected chi connectivity index (χ1v) is 3.12. The Balaban J connectivity index is 2.39. The standard InChI is InChI=1S/C8H9N/c1-4-5(2)8-6(4)3-7(8)9/h3,5H,1,9H2,2H3/t5-/m0/s1. The molecule has 2 aliphatic carbocycles. The summed E-state index contributed by atoms with van der Waals surface area (Å²) in [4.78, 5) is 0. The average Bonchev–Trinajstić information content (AvgIpc) is 1.81. The molecule has 0 unspecified atom stereocenters. The van der Waals surface area contributed by atoms with Gasteiger partial charge in [0.05, 0.1) is 0 Å². The lowest BCUT2D eigenvalue weighted by Crippen LogP contribution is -2.29. The number of hydrogen-bond acceptors (Lipinski definition) is 1. The SMILES string of the molecule is C=C1C2=CC(N)=C2[C@H]1C. The first-order valence-electron chi connectivity index (χ1n) is 3.12. The van der Waals surface area contributed by atoms with Gasteiger partial charge in [0.15, 0.2) is 0 Å². The van der Waals surface area contributed by atoms with E-state index < -0.39 is 0 Å². The number of rotatable bonds is 0. The van der Waals surface area contributed by atoms with Gasteiger partial charge in [-0.1, -0.05) is 13.5 Å². The molecule has 0 saturated heterocycles. The molecule has 1 heteroatoms. The zero-order valence-electron chi connectivity index (χ0n) is 5.44. The quantitative estimate of drug-likeness (QED) is 0.511. The Morgan fingerprint density at radius 1 is 1.67 bits per heavy atom. The predicted molar refractivity (Wildman–Crippen MR) is 37.6 cm³/mol. The van der Waals surface area contributed by atoms with Crippen LogP contribution in [0.3, 0.4) is 0 Å². The van der Waals surface area contributed by atoms with Crippen molar-refractivity contribution >= 4 is 0 Å². The fraction of sp³-hybridized carbons (Fsp3) is 0.250. The molecule has 0 bridgehead atoms. The summed E-state index contributed by atoms with van der Waals surface area (Å²) in [7, 11) is 0. The van der Waals surface area contributed by atoms with Crippen molar-refractivity contribution in [2.24, 2.45) is 11.7 Å². The van der Waals surface area contributed by atoms with Crippen LogP contribution in [-0.2, 0) is 0 Å². The molecule has 0 radical (unpaired) electrons. The fourth-order valence-electron chi connectivity index (χ4n) is 1.47. The fourth-order valence-corrected chi connectivity index (χ4v) is 1.47. The first-order chi connectivity index (χ1) is 4.22. The van der Waals surface area contributed by atoms with E-state index >= 15 is 0 Å². The van der Waals surface area contributed by atoms with Crippen LogP contribution < -0.4 is 5.73 Å². The van der Waals surface area contributed by atoms with Crippen LogP contribution in [0.2, 0.25) is 0 Å². The molecule has 1 saturated carbocycles. The maximum absolute atomic E-state index is 5.58. The van der Waals surface area contributed by atoms with Crippen molar-refractivity contribution in [1.82, 2.24) is 0 Å². The molecule has 0 aromatic rings. The zero-order chi connectivity index (χ0) is 6.59. The van der Waals surface area contributed by atoms with Crippen LogP contribution in [0.1, 0.15) is 6.92 Å². The molecule has 2 rings (SSSR count). The monoisotopic (exact) mass is 119 g/mol. The molecule has 46 valence electrons. The zero-order valence-corrected chi connectivity index (χ0v) is 5.44. The van der Waals surface area contributed by atoms with Gasteiger partial charge in [-0.25, -0.2) is 0 Å².